The highest BCUT2D eigenvalue weighted by molar-refractivity contribution is 7.10. The van der Waals surface area contributed by atoms with Crippen LogP contribution in [0.1, 0.15) is 25.5 Å². The number of nitrogens with zero attached hydrogens (tertiary/aromatic N) is 2. The van der Waals surface area contributed by atoms with Crippen LogP contribution in [0.5, 0.6) is 0 Å². The molecule has 0 amide bonds. The van der Waals surface area contributed by atoms with Crippen LogP contribution < -0.4 is 5.32 Å². The number of rotatable bonds is 6. The molecule has 2 heterocycles. The van der Waals surface area contributed by atoms with E-state index in [0.29, 0.717) is 13.2 Å². The molecule has 1 aliphatic rings. The Labute approximate surface area is 99.3 Å². The Hall–Kier alpha value is -0.720. The van der Waals surface area contributed by atoms with Crippen molar-refractivity contribution in [2.24, 2.45) is 0 Å². The number of hydrogen-bond acceptors (Lipinski definition) is 6. The second-order valence-electron chi connectivity index (χ2n) is 3.77. The Kier molecular flexibility index (Phi) is 4.50. The molecule has 0 aromatic carbocycles. The molecule has 0 spiro atoms. The van der Waals surface area contributed by atoms with Crippen LogP contribution in [0.25, 0.3) is 0 Å². The summed E-state index contributed by atoms with van der Waals surface area (Å²) in [6.07, 6.45) is 2.30. The molecule has 1 aromatic heterocycles. The van der Waals surface area contributed by atoms with Gasteiger partial charge in [-0.1, -0.05) is 11.4 Å². The summed E-state index contributed by atoms with van der Waals surface area (Å²) < 4.78 is 14.9. The number of hydrogen-bond donors (Lipinski definition) is 1. The highest BCUT2D eigenvalue weighted by Crippen LogP contribution is 2.20. The average molecular weight is 243 g/mol. The molecule has 0 aliphatic carbocycles. The van der Waals surface area contributed by atoms with Crippen LogP contribution in [-0.2, 0) is 16.1 Å². The van der Waals surface area contributed by atoms with Gasteiger partial charge in [0.25, 0.3) is 0 Å². The van der Waals surface area contributed by atoms with Crippen LogP contribution in [0.4, 0.5) is 5.00 Å². The lowest BCUT2D eigenvalue weighted by atomic mass is 10.3. The molecular formula is C10H17N3O2S. The summed E-state index contributed by atoms with van der Waals surface area (Å²) in [4.78, 5) is 0. The zero-order valence-corrected chi connectivity index (χ0v) is 10.3. The van der Waals surface area contributed by atoms with Crippen molar-refractivity contribution in [2.75, 3.05) is 25.1 Å². The van der Waals surface area contributed by atoms with Gasteiger partial charge in [-0.25, -0.2) is 0 Å². The summed E-state index contributed by atoms with van der Waals surface area (Å²) in [6.45, 7) is 5.11. The summed E-state index contributed by atoms with van der Waals surface area (Å²) in [5, 5.41) is 8.40. The number of nitrogens with one attached hydrogen (secondary N) is 1. The molecule has 1 aromatic rings. The zero-order chi connectivity index (χ0) is 11.2. The molecule has 0 bridgehead atoms. The van der Waals surface area contributed by atoms with E-state index in [4.69, 9.17) is 9.47 Å². The van der Waals surface area contributed by atoms with Crippen LogP contribution >= 0.6 is 11.5 Å². The fourth-order valence-electron chi connectivity index (χ4n) is 1.52. The molecule has 0 radical (unpaired) electrons. The van der Waals surface area contributed by atoms with Crippen molar-refractivity contribution >= 4 is 16.5 Å². The van der Waals surface area contributed by atoms with Gasteiger partial charge in [0.05, 0.1) is 19.3 Å². The number of anilines is 1. The average Bonchev–Trinajstić information content (AvgIpc) is 2.94. The maximum Gasteiger partial charge on any atom is 0.135 e. The predicted molar refractivity (Wildman–Crippen MR) is 62.7 cm³/mol. The molecule has 2 rings (SSSR count). The van der Waals surface area contributed by atoms with Gasteiger partial charge in [0.15, 0.2) is 0 Å². The van der Waals surface area contributed by atoms with E-state index in [1.54, 1.807) is 0 Å². The Morgan fingerprint density at radius 1 is 1.62 bits per heavy atom. The molecule has 1 atom stereocenters. The quantitative estimate of drug-likeness (QED) is 0.823. The van der Waals surface area contributed by atoms with Gasteiger partial charge in [0, 0.05) is 24.7 Å². The topological polar surface area (TPSA) is 56.3 Å². The lowest BCUT2D eigenvalue weighted by Gasteiger charge is -2.09. The first-order chi connectivity index (χ1) is 7.90. The first-order valence-electron chi connectivity index (χ1n) is 5.64. The third kappa shape index (κ3) is 3.13. The third-order valence-corrected chi connectivity index (χ3v) is 3.16. The zero-order valence-electron chi connectivity index (χ0n) is 9.44. The van der Waals surface area contributed by atoms with E-state index in [1.165, 1.54) is 11.5 Å². The fraction of sp³-hybridized carbons (Fsp3) is 0.800. The number of aromatic nitrogens is 2. The summed E-state index contributed by atoms with van der Waals surface area (Å²) in [5.74, 6) is 0. The van der Waals surface area contributed by atoms with E-state index in [0.717, 1.165) is 36.7 Å². The second kappa shape index (κ2) is 6.12. The SMILES string of the molecule is CCCNc1snnc1COC1CCOC1. The second-order valence-corrected chi connectivity index (χ2v) is 4.53. The molecule has 0 saturated carbocycles. The molecule has 1 N–H and O–H groups in total. The molecule has 1 saturated heterocycles. The van der Waals surface area contributed by atoms with Crippen molar-refractivity contribution in [1.82, 2.24) is 9.59 Å². The Bertz CT molecular complexity index is 313. The minimum absolute atomic E-state index is 0.223. The van der Waals surface area contributed by atoms with Gasteiger partial charge >= 0.3 is 0 Å². The van der Waals surface area contributed by atoms with Gasteiger partial charge < -0.3 is 14.8 Å². The third-order valence-electron chi connectivity index (χ3n) is 2.43. The van der Waals surface area contributed by atoms with Crippen molar-refractivity contribution in [3.63, 3.8) is 0 Å². The van der Waals surface area contributed by atoms with Gasteiger partial charge in [0.1, 0.15) is 10.7 Å². The van der Waals surface area contributed by atoms with E-state index in [2.05, 4.69) is 21.8 Å². The van der Waals surface area contributed by atoms with Crippen molar-refractivity contribution in [3.8, 4) is 0 Å². The standard InChI is InChI=1S/C10H17N3O2S/c1-2-4-11-10-9(12-13-16-10)7-15-8-3-5-14-6-8/h8,11H,2-7H2,1H3. The van der Waals surface area contributed by atoms with Gasteiger partial charge in [0.2, 0.25) is 0 Å². The van der Waals surface area contributed by atoms with E-state index in [9.17, 15) is 0 Å². The smallest absolute Gasteiger partial charge is 0.135 e. The Balaban J connectivity index is 1.80. The highest BCUT2D eigenvalue weighted by Gasteiger charge is 2.17. The van der Waals surface area contributed by atoms with Crippen LogP contribution in [-0.4, -0.2) is 35.4 Å². The predicted octanol–water partition coefficient (Wildman–Crippen LogP) is 1.67. The van der Waals surface area contributed by atoms with Gasteiger partial charge in [-0.05, 0) is 12.8 Å². The minimum atomic E-state index is 0.223. The first-order valence-corrected chi connectivity index (χ1v) is 6.42. The summed E-state index contributed by atoms with van der Waals surface area (Å²) in [7, 11) is 0. The van der Waals surface area contributed by atoms with E-state index < -0.39 is 0 Å². The Morgan fingerprint density at radius 2 is 2.56 bits per heavy atom. The molecule has 1 fully saturated rings. The van der Waals surface area contributed by atoms with E-state index in [1.807, 2.05) is 0 Å². The van der Waals surface area contributed by atoms with Crippen molar-refractivity contribution in [2.45, 2.75) is 32.5 Å². The largest absolute Gasteiger partial charge is 0.379 e. The van der Waals surface area contributed by atoms with E-state index >= 15 is 0 Å². The maximum atomic E-state index is 5.71. The molecule has 5 nitrogen and oxygen atoms in total. The molecule has 90 valence electrons. The van der Waals surface area contributed by atoms with Crippen LogP contribution in [0.3, 0.4) is 0 Å². The fourth-order valence-corrected chi connectivity index (χ4v) is 2.11. The molecule has 1 unspecified atom stereocenters. The molecule has 16 heavy (non-hydrogen) atoms. The highest BCUT2D eigenvalue weighted by atomic mass is 32.1. The van der Waals surface area contributed by atoms with Crippen LogP contribution in [0.2, 0.25) is 0 Å². The van der Waals surface area contributed by atoms with Crippen LogP contribution in [0, 0.1) is 0 Å². The lowest BCUT2D eigenvalue weighted by molar-refractivity contribution is 0.0304. The normalized spacial score (nSPS) is 20.2. The maximum absolute atomic E-state index is 5.71. The van der Waals surface area contributed by atoms with Crippen LogP contribution in [0.15, 0.2) is 0 Å². The molecule has 1 aliphatic heterocycles. The summed E-state index contributed by atoms with van der Waals surface area (Å²) >= 11 is 1.39. The van der Waals surface area contributed by atoms with Crippen molar-refractivity contribution < 1.29 is 9.47 Å². The summed E-state index contributed by atoms with van der Waals surface area (Å²) in [5.41, 5.74) is 0.908. The first kappa shape index (κ1) is 11.8. The molecular weight excluding hydrogens is 226 g/mol. The Morgan fingerprint density at radius 3 is 3.31 bits per heavy atom. The molecule has 6 heteroatoms. The van der Waals surface area contributed by atoms with Gasteiger partial charge in [-0.15, -0.1) is 5.10 Å². The van der Waals surface area contributed by atoms with Gasteiger partial charge in [-0.3, -0.25) is 0 Å². The lowest BCUT2D eigenvalue weighted by Crippen LogP contribution is -2.13. The van der Waals surface area contributed by atoms with E-state index in [-0.39, 0.29) is 6.10 Å². The monoisotopic (exact) mass is 243 g/mol. The van der Waals surface area contributed by atoms with Crippen molar-refractivity contribution in [3.05, 3.63) is 5.69 Å². The summed E-state index contributed by atoms with van der Waals surface area (Å²) in [6, 6.07) is 0. The van der Waals surface area contributed by atoms with Gasteiger partial charge in [-0.2, -0.15) is 0 Å². The minimum Gasteiger partial charge on any atom is -0.379 e. The van der Waals surface area contributed by atoms with Crippen molar-refractivity contribution in [1.29, 1.82) is 0 Å². The number of ether oxygens (including phenoxy) is 2.